The molecule has 71 heavy (non-hydrogen) atoms. The Balaban J connectivity index is 0.000000182. The molecule has 0 saturated carbocycles. The van der Waals surface area contributed by atoms with Gasteiger partial charge in [0.15, 0.2) is 6.29 Å². The molecule has 0 aliphatic carbocycles. The number of aromatic amines is 2. The van der Waals surface area contributed by atoms with Crippen molar-refractivity contribution in [2.45, 2.75) is 79.4 Å². The highest BCUT2D eigenvalue weighted by Crippen LogP contribution is 2.39. The van der Waals surface area contributed by atoms with Crippen LogP contribution in [0.4, 0.5) is 26.7 Å². The van der Waals surface area contributed by atoms with Crippen LogP contribution in [0.3, 0.4) is 0 Å². The average molecular weight is 959 g/mol. The highest BCUT2D eigenvalue weighted by atomic mass is 16.6. The summed E-state index contributed by atoms with van der Waals surface area (Å²) in [6.45, 7) is 14.0. The second kappa shape index (κ2) is 24.1. The molecule has 0 atom stereocenters. The number of amides is 5. The molecule has 5 amide bonds. The molecule has 0 spiro atoms. The van der Waals surface area contributed by atoms with Gasteiger partial charge in [0.05, 0.1) is 35.9 Å². The molecule has 0 fully saturated rings. The lowest BCUT2D eigenvalue weighted by atomic mass is 10.0. The van der Waals surface area contributed by atoms with E-state index in [2.05, 4.69) is 15.3 Å². The summed E-state index contributed by atoms with van der Waals surface area (Å²) in [5.41, 5.74) is 7.64. The molecule has 7 aromatic rings. The summed E-state index contributed by atoms with van der Waals surface area (Å²) in [4.78, 5) is 79.1. The topological polar surface area (TPSA) is 215 Å². The Kier molecular flexibility index (Phi) is 18.1. The number of rotatable bonds is 2. The molecule has 15 nitrogen and oxygen atoms in total. The summed E-state index contributed by atoms with van der Waals surface area (Å²) in [5.74, 6) is -0.516. The van der Waals surface area contributed by atoms with E-state index < -0.39 is 23.4 Å². The predicted molar refractivity (Wildman–Crippen MR) is 277 cm³/mol. The Hall–Kier alpha value is -8.61. The van der Waals surface area contributed by atoms with Crippen LogP contribution in [-0.4, -0.2) is 69.1 Å². The van der Waals surface area contributed by atoms with E-state index in [-0.39, 0.29) is 30.7 Å². The normalized spacial score (nSPS) is 13.4. The average Bonchev–Trinajstić information content (AvgIpc) is 4.15. The first-order valence-electron chi connectivity index (χ1n) is 22.7. The van der Waals surface area contributed by atoms with Gasteiger partial charge < -0.3 is 29.9 Å². The first-order chi connectivity index (χ1) is 33.8. The van der Waals surface area contributed by atoms with Gasteiger partial charge in [-0.25, -0.2) is 19.4 Å². The van der Waals surface area contributed by atoms with Crippen LogP contribution in [0, 0.1) is 11.3 Å². The van der Waals surface area contributed by atoms with E-state index >= 15 is 0 Å². The third-order valence-electron chi connectivity index (χ3n) is 10.2. The lowest BCUT2D eigenvalue weighted by Gasteiger charge is -2.23. The van der Waals surface area contributed by atoms with Crippen LogP contribution in [0.1, 0.15) is 88.0 Å². The smallest absolute Gasteiger partial charge is 0.422 e. The Morgan fingerprint density at radius 1 is 0.676 bits per heavy atom. The molecule has 0 unspecified atom stereocenters. The number of nitrogens with one attached hydrogen (secondary N) is 3. The number of hydrogen-bond acceptors (Lipinski definition) is 10. The highest BCUT2D eigenvalue weighted by Gasteiger charge is 2.39. The van der Waals surface area contributed by atoms with E-state index in [4.69, 9.17) is 19.8 Å². The Morgan fingerprint density at radius 2 is 1.14 bits per heavy atom. The van der Waals surface area contributed by atoms with Crippen molar-refractivity contribution >= 4 is 86.7 Å². The summed E-state index contributed by atoms with van der Waals surface area (Å²) in [7, 11) is 0. The third-order valence-corrected chi connectivity index (χ3v) is 10.2. The number of aromatic nitrogens is 2. The van der Waals surface area contributed by atoms with Crippen LogP contribution in [0.15, 0.2) is 134 Å². The van der Waals surface area contributed by atoms with Gasteiger partial charge >= 0.3 is 12.2 Å². The number of hydrogen-bond donors (Lipinski definition) is 4. The van der Waals surface area contributed by atoms with Crippen molar-refractivity contribution < 1.29 is 43.3 Å². The largest absolute Gasteiger partial charge is 0.443 e. The molecule has 4 N–H and O–H groups in total. The molecule has 5 aromatic carbocycles. The summed E-state index contributed by atoms with van der Waals surface area (Å²) < 4.78 is 10.7. The highest BCUT2D eigenvalue weighted by molar-refractivity contribution is 6.41. The van der Waals surface area contributed by atoms with Crippen molar-refractivity contribution in [3.63, 3.8) is 0 Å². The molecular formula is C56H58N6O9. The van der Waals surface area contributed by atoms with Crippen molar-refractivity contribution in [2.75, 3.05) is 21.7 Å². The number of nitriles is 1. The number of aldehydes is 1. The molecule has 2 aromatic heterocycles. The van der Waals surface area contributed by atoms with Crippen molar-refractivity contribution in [1.82, 2.24) is 9.97 Å². The first-order valence-corrected chi connectivity index (χ1v) is 22.7. The Labute approximate surface area is 412 Å². The van der Waals surface area contributed by atoms with Gasteiger partial charge in [-0.1, -0.05) is 91.0 Å². The number of benzene rings is 5. The number of ether oxygens (including phenoxy) is 2. The summed E-state index contributed by atoms with van der Waals surface area (Å²) in [5, 5.41) is 19.7. The minimum absolute atomic E-state index is 0.0983. The van der Waals surface area contributed by atoms with Gasteiger partial charge in [0.1, 0.15) is 11.2 Å². The second-order valence-electron chi connectivity index (χ2n) is 17.8. The van der Waals surface area contributed by atoms with Gasteiger partial charge in [-0.15, -0.1) is 0 Å². The summed E-state index contributed by atoms with van der Waals surface area (Å²) >= 11 is 0. The quantitative estimate of drug-likeness (QED) is 0.0950. The fourth-order valence-corrected chi connectivity index (χ4v) is 7.36. The second-order valence-corrected chi connectivity index (χ2v) is 17.8. The zero-order valence-corrected chi connectivity index (χ0v) is 41.0. The fraction of sp³-hybridized carbons (Fsp3) is 0.232. The Bertz CT molecular complexity index is 3080. The van der Waals surface area contributed by atoms with Gasteiger partial charge in [-0.3, -0.25) is 19.2 Å². The monoisotopic (exact) mass is 958 g/mol. The maximum atomic E-state index is 13.1. The lowest BCUT2D eigenvalue weighted by Crippen LogP contribution is -2.38. The fourth-order valence-electron chi connectivity index (χ4n) is 7.36. The number of H-pyrrole nitrogens is 2. The number of aliphatic hydroxyl groups excluding tert-OH is 1. The number of imide groups is 2. The number of carbonyl (C=O) groups is 6. The van der Waals surface area contributed by atoms with E-state index in [9.17, 15) is 28.8 Å². The third kappa shape index (κ3) is 14.0. The van der Waals surface area contributed by atoms with Gasteiger partial charge in [0.2, 0.25) is 11.8 Å². The maximum Gasteiger partial charge on any atom is 0.422 e. The molecule has 3 aliphatic rings. The van der Waals surface area contributed by atoms with Crippen LogP contribution in [0.2, 0.25) is 0 Å². The molecule has 366 valence electrons. The molecular weight excluding hydrogens is 901 g/mol. The van der Waals surface area contributed by atoms with Crippen LogP contribution < -0.4 is 15.1 Å². The number of anilines is 3. The van der Waals surface area contributed by atoms with Crippen molar-refractivity contribution in [1.29, 1.82) is 5.26 Å². The maximum absolute atomic E-state index is 13.1. The lowest BCUT2D eigenvalue weighted by molar-refractivity contribution is -0.117. The molecule has 3 aliphatic heterocycles. The summed E-state index contributed by atoms with van der Waals surface area (Å²) in [6.07, 6.45) is 5.80. The Morgan fingerprint density at radius 3 is 1.70 bits per heavy atom. The van der Waals surface area contributed by atoms with Crippen LogP contribution in [0.25, 0.3) is 33.5 Å². The van der Waals surface area contributed by atoms with Gasteiger partial charge in [0.25, 0.3) is 5.91 Å². The minimum atomic E-state index is -0.685. The van der Waals surface area contributed by atoms with Crippen molar-refractivity contribution in [3.8, 4) is 6.07 Å². The zero-order chi connectivity index (χ0) is 51.9. The van der Waals surface area contributed by atoms with Crippen LogP contribution in [0.5, 0.6) is 0 Å². The molecule has 0 saturated heterocycles. The van der Waals surface area contributed by atoms with Gasteiger partial charge in [0, 0.05) is 70.1 Å². The number of carbonyl (C=O) groups excluding carboxylic acids is 6. The van der Waals surface area contributed by atoms with Crippen LogP contribution >= 0.6 is 0 Å². The van der Waals surface area contributed by atoms with Crippen LogP contribution in [-0.2, 0) is 36.7 Å². The first kappa shape index (κ1) is 53.3. The standard InChI is InChI=1S/C22H20N2O3.C13H15NO3.C9H7NO.C8H7NO.C2H3N.C2H6O/c1-22(2,3)27-21(26)24-19-11-7-5-9-16(19)17(20(24)25)12-14-13-23-18-10-6-4-8-15(14)18;1-13(2,3)17-12(16)14-10-7-5-4-6-9(10)8-11(14)15;11-6-7-5-10-9-4-2-1-3-8(7)9;10-8-5-6-3-1-2-4-7(6)9-8;2*1-2-3/h4-13,23H,1-3H3;4-7H,8H2,1-3H3;1-6,10H;1-4H,5H2,(H,9,10);1H3;3H,2H2,1H3/b17-12-;;;;;. The number of nitrogens with zero attached hydrogens (tertiary/aromatic N) is 3. The molecule has 0 bridgehead atoms. The minimum Gasteiger partial charge on any atom is -0.443 e. The van der Waals surface area contributed by atoms with E-state index in [0.717, 1.165) is 71.4 Å². The molecule has 10 rings (SSSR count). The van der Waals surface area contributed by atoms with Crippen molar-refractivity contribution in [3.05, 3.63) is 162 Å². The van der Waals surface area contributed by atoms with Gasteiger partial charge in [-0.2, -0.15) is 5.26 Å². The van der Waals surface area contributed by atoms with E-state index in [1.807, 2.05) is 109 Å². The number of para-hydroxylation sites is 5. The summed E-state index contributed by atoms with van der Waals surface area (Å²) in [6, 6.07) is 39.6. The number of aliphatic hydroxyl groups is 1. The predicted octanol–water partition coefficient (Wildman–Crippen LogP) is 11.2. The van der Waals surface area contributed by atoms with Gasteiger partial charge in [-0.05, 0) is 96.0 Å². The SMILES string of the molecule is CC#N.CC(C)(C)OC(=O)N1C(=O)/C(=C\c2c[nH]c3ccccc23)c2ccccc21.CC(C)(C)OC(=O)N1C(=O)Cc2ccccc21.CCO.O=C1Cc2ccccc2N1.O=Cc1c[nH]c2ccccc12. The van der Waals surface area contributed by atoms with E-state index in [1.165, 1.54) is 6.92 Å². The zero-order valence-electron chi connectivity index (χ0n) is 41.0. The number of fused-ring (bicyclic) bond motifs is 5. The van der Waals surface area contributed by atoms with E-state index in [1.54, 1.807) is 85.0 Å². The van der Waals surface area contributed by atoms with E-state index in [0.29, 0.717) is 23.4 Å². The molecule has 5 heterocycles. The molecule has 15 heteroatoms. The molecule has 0 radical (unpaired) electrons. The van der Waals surface area contributed by atoms with Crippen molar-refractivity contribution in [2.24, 2.45) is 0 Å².